The van der Waals surface area contributed by atoms with E-state index in [0.717, 1.165) is 30.0 Å². The normalized spacial score (nSPS) is 10.3. The molecule has 0 saturated carbocycles. The Morgan fingerprint density at radius 3 is 2.25 bits per heavy atom. The van der Waals surface area contributed by atoms with Gasteiger partial charge in [0.2, 0.25) is 0 Å². The molecule has 90 valence electrons. The van der Waals surface area contributed by atoms with Crippen LogP contribution in [0, 0.1) is 13.8 Å². The Labute approximate surface area is 97.8 Å². The van der Waals surface area contributed by atoms with Crippen molar-refractivity contribution in [1.29, 1.82) is 0 Å². The van der Waals surface area contributed by atoms with Crippen LogP contribution in [-0.2, 0) is 6.42 Å². The van der Waals surface area contributed by atoms with Gasteiger partial charge in [0, 0.05) is 0 Å². The highest BCUT2D eigenvalue weighted by atomic mass is 16.5. The van der Waals surface area contributed by atoms with Gasteiger partial charge in [-0.3, -0.25) is 0 Å². The maximum atomic E-state index is 5.42. The third-order valence-electron chi connectivity index (χ3n) is 2.83. The monoisotopic (exact) mass is 223 g/mol. The van der Waals surface area contributed by atoms with Gasteiger partial charge in [0.25, 0.3) is 0 Å². The highest BCUT2D eigenvalue weighted by Crippen LogP contribution is 2.36. The maximum Gasteiger partial charge on any atom is 0.164 e. The number of hydrogen-bond acceptors (Lipinski definition) is 3. The van der Waals surface area contributed by atoms with Crippen molar-refractivity contribution in [2.75, 3.05) is 27.8 Å². The molecule has 0 aliphatic heterocycles. The number of rotatable bonds is 5. The van der Waals surface area contributed by atoms with Crippen molar-refractivity contribution in [3.05, 3.63) is 22.8 Å². The largest absolute Gasteiger partial charge is 0.493 e. The van der Waals surface area contributed by atoms with Gasteiger partial charge in [0.1, 0.15) is 0 Å². The molecule has 0 fully saturated rings. The molecular formula is C13H21NO2. The van der Waals surface area contributed by atoms with E-state index in [0.29, 0.717) is 0 Å². The zero-order valence-corrected chi connectivity index (χ0v) is 10.8. The second kappa shape index (κ2) is 5.75. The summed E-state index contributed by atoms with van der Waals surface area (Å²) in [5, 5.41) is 3.16. The molecule has 3 nitrogen and oxygen atoms in total. The van der Waals surface area contributed by atoms with E-state index in [1.807, 2.05) is 14.0 Å². The molecule has 0 aliphatic rings. The third kappa shape index (κ3) is 2.47. The Balaban J connectivity index is 3.17. The SMILES string of the molecule is CNCCc1cc(C)c(OC)c(OC)c1C. The number of benzene rings is 1. The lowest BCUT2D eigenvalue weighted by atomic mass is 10.0. The fraction of sp³-hybridized carbons (Fsp3) is 0.538. The van der Waals surface area contributed by atoms with E-state index in [1.54, 1.807) is 14.2 Å². The molecule has 0 aliphatic carbocycles. The molecule has 0 saturated heterocycles. The molecule has 0 aromatic heterocycles. The van der Waals surface area contributed by atoms with Crippen LogP contribution in [0.1, 0.15) is 16.7 Å². The van der Waals surface area contributed by atoms with Gasteiger partial charge >= 0.3 is 0 Å². The summed E-state index contributed by atoms with van der Waals surface area (Å²) in [6.07, 6.45) is 1.00. The smallest absolute Gasteiger partial charge is 0.164 e. The molecule has 0 bridgehead atoms. The molecule has 3 heteroatoms. The first-order valence-electron chi connectivity index (χ1n) is 5.51. The summed E-state index contributed by atoms with van der Waals surface area (Å²) < 4.78 is 10.8. The summed E-state index contributed by atoms with van der Waals surface area (Å²) in [7, 11) is 5.33. The molecule has 0 spiro atoms. The second-order valence-electron chi connectivity index (χ2n) is 3.90. The summed E-state index contributed by atoms with van der Waals surface area (Å²) in [4.78, 5) is 0. The Morgan fingerprint density at radius 2 is 1.75 bits per heavy atom. The molecule has 1 aromatic carbocycles. The van der Waals surface area contributed by atoms with Crippen LogP contribution in [0.3, 0.4) is 0 Å². The highest BCUT2D eigenvalue weighted by molar-refractivity contribution is 5.54. The highest BCUT2D eigenvalue weighted by Gasteiger charge is 2.14. The molecule has 0 radical (unpaired) electrons. The third-order valence-corrected chi connectivity index (χ3v) is 2.83. The van der Waals surface area contributed by atoms with E-state index in [-0.39, 0.29) is 0 Å². The first-order valence-corrected chi connectivity index (χ1v) is 5.51. The quantitative estimate of drug-likeness (QED) is 0.829. The summed E-state index contributed by atoms with van der Waals surface area (Å²) >= 11 is 0. The molecule has 1 N–H and O–H groups in total. The van der Waals surface area contributed by atoms with Crippen molar-refractivity contribution in [2.45, 2.75) is 20.3 Å². The van der Waals surface area contributed by atoms with Crippen LogP contribution < -0.4 is 14.8 Å². The fourth-order valence-corrected chi connectivity index (χ4v) is 1.95. The minimum atomic E-state index is 0.841. The lowest BCUT2D eigenvalue weighted by Gasteiger charge is -2.16. The first-order chi connectivity index (χ1) is 7.65. The maximum absolute atomic E-state index is 5.42. The topological polar surface area (TPSA) is 30.5 Å². The van der Waals surface area contributed by atoms with Gasteiger partial charge in [-0.1, -0.05) is 6.07 Å². The van der Waals surface area contributed by atoms with Crippen molar-refractivity contribution >= 4 is 0 Å². The summed E-state index contributed by atoms with van der Waals surface area (Å²) in [5.74, 6) is 1.70. The number of aryl methyl sites for hydroxylation is 1. The van der Waals surface area contributed by atoms with Crippen molar-refractivity contribution in [2.24, 2.45) is 0 Å². The van der Waals surface area contributed by atoms with E-state index in [4.69, 9.17) is 9.47 Å². The van der Waals surface area contributed by atoms with E-state index in [9.17, 15) is 0 Å². The van der Waals surface area contributed by atoms with Gasteiger partial charge in [-0.2, -0.15) is 0 Å². The molecule has 0 unspecified atom stereocenters. The Kier molecular flexibility index (Phi) is 4.62. The number of methoxy groups -OCH3 is 2. The number of hydrogen-bond donors (Lipinski definition) is 1. The molecule has 0 atom stereocenters. The van der Waals surface area contributed by atoms with Crippen molar-refractivity contribution in [3.8, 4) is 11.5 Å². The van der Waals surface area contributed by atoms with Gasteiger partial charge in [-0.25, -0.2) is 0 Å². The van der Waals surface area contributed by atoms with Gasteiger partial charge in [-0.05, 0) is 50.6 Å². The van der Waals surface area contributed by atoms with Crippen LogP contribution in [-0.4, -0.2) is 27.8 Å². The van der Waals surface area contributed by atoms with Crippen molar-refractivity contribution in [1.82, 2.24) is 5.32 Å². The second-order valence-corrected chi connectivity index (χ2v) is 3.90. The minimum absolute atomic E-state index is 0.841. The fourth-order valence-electron chi connectivity index (χ4n) is 1.95. The average Bonchev–Trinajstić information content (AvgIpc) is 2.29. The van der Waals surface area contributed by atoms with Gasteiger partial charge in [0.15, 0.2) is 11.5 Å². The summed E-state index contributed by atoms with van der Waals surface area (Å²) in [5.41, 5.74) is 3.60. The lowest BCUT2D eigenvalue weighted by Crippen LogP contribution is -2.11. The summed E-state index contributed by atoms with van der Waals surface area (Å²) in [6.45, 7) is 5.09. The molecule has 1 aromatic rings. The molecule has 0 amide bonds. The predicted octanol–water partition coefficient (Wildman–Crippen LogP) is 2.08. The Morgan fingerprint density at radius 1 is 1.12 bits per heavy atom. The van der Waals surface area contributed by atoms with Crippen molar-refractivity contribution in [3.63, 3.8) is 0 Å². The Bertz CT molecular complexity index is 361. The van der Waals surface area contributed by atoms with Crippen LogP contribution >= 0.6 is 0 Å². The van der Waals surface area contributed by atoms with Crippen LogP contribution in [0.4, 0.5) is 0 Å². The Hall–Kier alpha value is -1.22. The van der Waals surface area contributed by atoms with E-state index >= 15 is 0 Å². The van der Waals surface area contributed by atoms with E-state index in [2.05, 4.69) is 18.3 Å². The van der Waals surface area contributed by atoms with Crippen molar-refractivity contribution < 1.29 is 9.47 Å². The van der Waals surface area contributed by atoms with E-state index < -0.39 is 0 Å². The summed E-state index contributed by atoms with van der Waals surface area (Å²) in [6, 6.07) is 2.17. The number of ether oxygens (including phenoxy) is 2. The standard InChI is InChI=1S/C13H21NO2/c1-9-8-11(6-7-14-3)10(2)13(16-5)12(9)15-4/h8,14H,6-7H2,1-5H3. The number of nitrogens with one attached hydrogen (secondary N) is 1. The van der Waals surface area contributed by atoms with Crippen LogP contribution in [0.25, 0.3) is 0 Å². The van der Waals surface area contributed by atoms with Crippen LogP contribution in [0.15, 0.2) is 6.07 Å². The van der Waals surface area contributed by atoms with Crippen LogP contribution in [0.5, 0.6) is 11.5 Å². The zero-order valence-electron chi connectivity index (χ0n) is 10.8. The van der Waals surface area contributed by atoms with Gasteiger partial charge in [-0.15, -0.1) is 0 Å². The molecular weight excluding hydrogens is 202 g/mol. The van der Waals surface area contributed by atoms with Gasteiger partial charge in [0.05, 0.1) is 14.2 Å². The average molecular weight is 223 g/mol. The zero-order chi connectivity index (χ0) is 12.1. The molecule has 1 rings (SSSR count). The number of likely N-dealkylation sites (N-methyl/N-ethyl adjacent to an activating group) is 1. The lowest BCUT2D eigenvalue weighted by molar-refractivity contribution is 0.350. The first kappa shape index (κ1) is 12.8. The minimum Gasteiger partial charge on any atom is -0.493 e. The molecule has 16 heavy (non-hydrogen) atoms. The van der Waals surface area contributed by atoms with Crippen LogP contribution in [0.2, 0.25) is 0 Å². The predicted molar refractivity (Wildman–Crippen MR) is 66.7 cm³/mol. The van der Waals surface area contributed by atoms with E-state index in [1.165, 1.54) is 11.1 Å². The molecule has 0 heterocycles. The van der Waals surface area contributed by atoms with Gasteiger partial charge < -0.3 is 14.8 Å².